The van der Waals surface area contributed by atoms with Crippen molar-refractivity contribution in [1.29, 1.82) is 0 Å². The number of ether oxygens (including phenoxy) is 2. The third-order valence-electron chi connectivity index (χ3n) is 2.45. The number of rotatable bonds is 5. The normalized spacial score (nSPS) is 17.3. The molecule has 0 aromatic carbocycles. The predicted octanol–water partition coefficient (Wildman–Crippen LogP) is 2.53. The highest BCUT2D eigenvalue weighted by atomic mass is 16.6. The van der Waals surface area contributed by atoms with Crippen LogP contribution in [0.5, 0.6) is 0 Å². The highest BCUT2D eigenvalue weighted by Gasteiger charge is 2.18. The zero-order chi connectivity index (χ0) is 11.3. The predicted molar refractivity (Wildman–Crippen MR) is 58.6 cm³/mol. The van der Waals surface area contributed by atoms with E-state index in [2.05, 4.69) is 0 Å². The molecule has 1 rings (SSSR count). The first-order valence-electron chi connectivity index (χ1n) is 5.77. The van der Waals surface area contributed by atoms with Crippen molar-refractivity contribution >= 4 is 5.97 Å². The van der Waals surface area contributed by atoms with E-state index < -0.39 is 0 Å². The summed E-state index contributed by atoms with van der Waals surface area (Å²) in [5.74, 6) is 0.569. The number of hydrogen-bond acceptors (Lipinski definition) is 3. The van der Waals surface area contributed by atoms with Crippen LogP contribution in [0.1, 0.15) is 46.5 Å². The van der Waals surface area contributed by atoms with Crippen LogP contribution in [-0.4, -0.2) is 24.8 Å². The van der Waals surface area contributed by atoms with Crippen molar-refractivity contribution in [3.8, 4) is 0 Å². The average Bonchev–Trinajstić information content (AvgIpc) is 1.96. The summed E-state index contributed by atoms with van der Waals surface area (Å²) < 4.78 is 10.6. The lowest BCUT2D eigenvalue weighted by atomic mass is 9.86. The van der Waals surface area contributed by atoms with E-state index in [4.69, 9.17) is 9.47 Å². The molecule has 0 bridgehead atoms. The monoisotopic (exact) mass is 214 g/mol. The van der Waals surface area contributed by atoms with Crippen LogP contribution in [-0.2, 0) is 14.3 Å². The molecule has 0 radical (unpaired) electrons. The third kappa shape index (κ3) is 5.78. The van der Waals surface area contributed by atoms with Gasteiger partial charge in [-0.2, -0.15) is 0 Å². The summed E-state index contributed by atoms with van der Waals surface area (Å²) in [6.07, 6.45) is 4.27. The Kier molecular flexibility index (Phi) is 4.58. The van der Waals surface area contributed by atoms with Gasteiger partial charge >= 0.3 is 5.97 Å². The zero-order valence-electron chi connectivity index (χ0n) is 10.0. The van der Waals surface area contributed by atoms with Gasteiger partial charge in [0.1, 0.15) is 5.60 Å². The van der Waals surface area contributed by atoms with Gasteiger partial charge in [-0.1, -0.05) is 6.42 Å². The van der Waals surface area contributed by atoms with Gasteiger partial charge < -0.3 is 9.47 Å². The maximum Gasteiger partial charge on any atom is 0.308 e. The fraction of sp³-hybridized carbons (Fsp3) is 0.917. The van der Waals surface area contributed by atoms with Gasteiger partial charge in [0.2, 0.25) is 0 Å². The highest BCUT2D eigenvalue weighted by Crippen LogP contribution is 2.26. The molecule has 0 unspecified atom stereocenters. The number of carbonyl (C=O) groups excluding carboxylic acids is 1. The Morgan fingerprint density at radius 3 is 2.47 bits per heavy atom. The first-order valence-corrected chi connectivity index (χ1v) is 5.77. The summed E-state index contributed by atoms with van der Waals surface area (Å²) in [6, 6.07) is 0. The fourth-order valence-electron chi connectivity index (χ4n) is 1.46. The Bertz CT molecular complexity index is 201. The molecular formula is C12H22O3. The van der Waals surface area contributed by atoms with E-state index in [1.54, 1.807) is 0 Å². The van der Waals surface area contributed by atoms with Gasteiger partial charge in [-0.15, -0.1) is 0 Å². The molecule has 1 aliphatic carbocycles. The minimum Gasteiger partial charge on any atom is -0.460 e. The molecule has 0 aromatic heterocycles. The van der Waals surface area contributed by atoms with Crippen molar-refractivity contribution in [3.63, 3.8) is 0 Å². The summed E-state index contributed by atoms with van der Waals surface area (Å²) in [5, 5.41) is 0. The average molecular weight is 214 g/mol. The van der Waals surface area contributed by atoms with E-state index in [1.807, 2.05) is 20.8 Å². The van der Waals surface area contributed by atoms with Crippen molar-refractivity contribution in [2.24, 2.45) is 5.92 Å². The maximum absolute atomic E-state index is 11.3. The largest absolute Gasteiger partial charge is 0.460 e. The maximum atomic E-state index is 11.3. The van der Waals surface area contributed by atoms with E-state index in [0.29, 0.717) is 13.0 Å². The van der Waals surface area contributed by atoms with E-state index in [1.165, 1.54) is 19.3 Å². The molecule has 0 spiro atoms. The summed E-state index contributed by atoms with van der Waals surface area (Å²) in [4.78, 5) is 11.3. The molecule has 88 valence electrons. The number of hydrogen-bond donors (Lipinski definition) is 0. The second-order valence-corrected chi connectivity index (χ2v) is 5.21. The molecule has 0 aliphatic heterocycles. The molecule has 0 heterocycles. The SMILES string of the molecule is CC(C)(C)OC(=O)CCOCC1CCC1. The summed E-state index contributed by atoms with van der Waals surface area (Å²) in [6.45, 7) is 6.93. The van der Waals surface area contributed by atoms with Crippen LogP contribution >= 0.6 is 0 Å². The van der Waals surface area contributed by atoms with Crippen LogP contribution in [0.4, 0.5) is 0 Å². The Morgan fingerprint density at radius 1 is 1.33 bits per heavy atom. The molecule has 1 fully saturated rings. The van der Waals surface area contributed by atoms with Gasteiger partial charge in [-0.3, -0.25) is 4.79 Å². The quantitative estimate of drug-likeness (QED) is 0.521. The van der Waals surface area contributed by atoms with Gasteiger partial charge in [0, 0.05) is 6.61 Å². The Balaban J connectivity index is 1.96. The standard InChI is InChI=1S/C12H22O3/c1-12(2,3)15-11(13)7-8-14-9-10-5-4-6-10/h10H,4-9H2,1-3H3. The molecule has 1 saturated carbocycles. The van der Waals surface area contributed by atoms with Gasteiger partial charge in [0.15, 0.2) is 0 Å². The zero-order valence-corrected chi connectivity index (χ0v) is 10.0. The molecule has 0 saturated heterocycles. The van der Waals surface area contributed by atoms with Crippen molar-refractivity contribution in [1.82, 2.24) is 0 Å². The van der Waals surface area contributed by atoms with E-state index >= 15 is 0 Å². The lowest BCUT2D eigenvalue weighted by Crippen LogP contribution is -2.25. The Labute approximate surface area is 92.1 Å². The van der Waals surface area contributed by atoms with Gasteiger partial charge in [0.05, 0.1) is 13.0 Å². The Hall–Kier alpha value is -0.570. The van der Waals surface area contributed by atoms with Gasteiger partial charge in [-0.25, -0.2) is 0 Å². The van der Waals surface area contributed by atoms with Gasteiger partial charge in [-0.05, 0) is 39.5 Å². The molecule has 3 nitrogen and oxygen atoms in total. The molecule has 0 atom stereocenters. The topological polar surface area (TPSA) is 35.5 Å². The minimum absolute atomic E-state index is 0.170. The fourth-order valence-corrected chi connectivity index (χ4v) is 1.46. The summed E-state index contributed by atoms with van der Waals surface area (Å²) >= 11 is 0. The van der Waals surface area contributed by atoms with Crippen LogP contribution in [0.15, 0.2) is 0 Å². The van der Waals surface area contributed by atoms with E-state index in [-0.39, 0.29) is 11.6 Å². The first-order chi connectivity index (χ1) is 6.97. The van der Waals surface area contributed by atoms with Crippen molar-refractivity contribution < 1.29 is 14.3 Å². The molecule has 0 aromatic rings. The third-order valence-corrected chi connectivity index (χ3v) is 2.45. The lowest BCUT2D eigenvalue weighted by Gasteiger charge is -2.25. The van der Waals surface area contributed by atoms with Gasteiger partial charge in [0.25, 0.3) is 0 Å². The number of esters is 1. The van der Waals surface area contributed by atoms with E-state index in [0.717, 1.165) is 12.5 Å². The Morgan fingerprint density at radius 2 is 2.00 bits per heavy atom. The summed E-state index contributed by atoms with van der Waals surface area (Å²) in [5.41, 5.74) is -0.384. The smallest absolute Gasteiger partial charge is 0.308 e. The second-order valence-electron chi connectivity index (χ2n) is 5.21. The molecule has 0 amide bonds. The van der Waals surface area contributed by atoms with Crippen molar-refractivity contribution in [2.45, 2.75) is 52.1 Å². The summed E-state index contributed by atoms with van der Waals surface area (Å²) in [7, 11) is 0. The van der Waals surface area contributed by atoms with Crippen LogP contribution in [0.2, 0.25) is 0 Å². The van der Waals surface area contributed by atoms with Crippen molar-refractivity contribution in [2.75, 3.05) is 13.2 Å². The minimum atomic E-state index is -0.384. The molecule has 3 heteroatoms. The van der Waals surface area contributed by atoms with Crippen LogP contribution in [0.3, 0.4) is 0 Å². The number of carbonyl (C=O) groups is 1. The van der Waals surface area contributed by atoms with Crippen LogP contribution in [0, 0.1) is 5.92 Å². The van der Waals surface area contributed by atoms with Crippen LogP contribution in [0.25, 0.3) is 0 Å². The van der Waals surface area contributed by atoms with E-state index in [9.17, 15) is 4.79 Å². The second kappa shape index (κ2) is 5.50. The first kappa shape index (κ1) is 12.5. The highest BCUT2D eigenvalue weighted by molar-refractivity contribution is 5.69. The molecule has 15 heavy (non-hydrogen) atoms. The molecular weight excluding hydrogens is 192 g/mol. The van der Waals surface area contributed by atoms with Crippen LogP contribution < -0.4 is 0 Å². The molecule has 0 N–H and O–H groups in total. The molecule has 1 aliphatic rings. The van der Waals surface area contributed by atoms with Crippen molar-refractivity contribution in [3.05, 3.63) is 0 Å². The lowest BCUT2D eigenvalue weighted by molar-refractivity contribution is -0.156.